The van der Waals surface area contributed by atoms with Crippen molar-refractivity contribution in [2.45, 2.75) is 13.8 Å². The Bertz CT molecular complexity index is 345. The van der Waals surface area contributed by atoms with Crippen molar-refractivity contribution in [1.82, 2.24) is 0 Å². The molecule has 0 aliphatic heterocycles. The van der Waals surface area contributed by atoms with Crippen molar-refractivity contribution >= 4 is 11.6 Å². The molecule has 0 fully saturated rings. The van der Waals surface area contributed by atoms with Gasteiger partial charge >= 0.3 is 0 Å². The van der Waals surface area contributed by atoms with Crippen LogP contribution in [-0.2, 0) is 0 Å². The van der Waals surface area contributed by atoms with Crippen molar-refractivity contribution in [3.05, 3.63) is 28.8 Å². The van der Waals surface area contributed by atoms with E-state index in [4.69, 9.17) is 21.6 Å². The molecule has 0 aromatic heterocycles. The van der Waals surface area contributed by atoms with Gasteiger partial charge in [-0.15, -0.1) is 11.6 Å². The lowest BCUT2D eigenvalue weighted by atomic mass is 10.1. The standard InChI is InChI=1S/C11H12ClNO/c1-8-5-10(7-13)6-9(2)11(8)14-4-3-12/h5-6H,3-4H2,1-2H3. The van der Waals surface area contributed by atoms with Crippen molar-refractivity contribution in [3.63, 3.8) is 0 Å². The number of rotatable bonds is 3. The molecule has 2 nitrogen and oxygen atoms in total. The van der Waals surface area contributed by atoms with Gasteiger partial charge in [-0.05, 0) is 37.1 Å². The summed E-state index contributed by atoms with van der Waals surface area (Å²) in [7, 11) is 0. The van der Waals surface area contributed by atoms with Crippen molar-refractivity contribution in [3.8, 4) is 11.8 Å². The Morgan fingerprint density at radius 1 is 1.36 bits per heavy atom. The van der Waals surface area contributed by atoms with Gasteiger partial charge in [0.15, 0.2) is 0 Å². The van der Waals surface area contributed by atoms with Gasteiger partial charge in [0, 0.05) is 0 Å². The van der Waals surface area contributed by atoms with Crippen molar-refractivity contribution < 1.29 is 4.74 Å². The predicted molar refractivity (Wildman–Crippen MR) is 56.8 cm³/mol. The summed E-state index contributed by atoms with van der Waals surface area (Å²) < 4.78 is 5.47. The normalized spacial score (nSPS) is 9.57. The fraction of sp³-hybridized carbons (Fsp3) is 0.364. The zero-order valence-corrected chi connectivity index (χ0v) is 9.06. The average molecular weight is 210 g/mol. The van der Waals surface area contributed by atoms with E-state index in [9.17, 15) is 0 Å². The molecule has 0 saturated carbocycles. The van der Waals surface area contributed by atoms with Crippen LogP contribution in [0.4, 0.5) is 0 Å². The van der Waals surface area contributed by atoms with E-state index in [0.717, 1.165) is 16.9 Å². The molecule has 0 unspecified atom stereocenters. The highest BCUT2D eigenvalue weighted by molar-refractivity contribution is 6.18. The minimum absolute atomic E-state index is 0.471. The molecular formula is C11H12ClNO. The van der Waals surface area contributed by atoms with Gasteiger partial charge in [0.2, 0.25) is 0 Å². The third-order valence-electron chi connectivity index (χ3n) is 1.91. The number of hydrogen-bond donors (Lipinski definition) is 0. The second kappa shape index (κ2) is 4.88. The summed E-state index contributed by atoms with van der Waals surface area (Å²) in [5.41, 5.74) is 2.62. The van der Waals surface area contributed by atoms with Crippen LogP contribution in [0.15, 0.2) is 12.1 Å². The average Bonchev–Trinajstić information content (AvgIpc) is 2.16. The summed E-state index contributed by atoms with van der Waals surface area (Å²) in [4.78, 5) is 0. The molecule has 0 saturated heterocycles. The molecule has 0 heterocycles. The molecule has 1 aromatic carbocycles. The highest BCUT2D eigenvalue weighted by Gasteiger charge is 2.05. The van der Waals surface area contributed by atoms with Crippen molar-refractivity contribution in [2.24, 2.45) is 0 Å². The number of nitrogens with zero attached hydrogens (tertiary/aromatic N) is 1. The topological polar surface area (TPSA) is 33.0 Å². The number of hydrogen-bond acceptors (Lipinski definition) is 2. The Hall–Kier alpha value is -1.20. The molecular weight excluding hydrogens is 198 g/mol. The SMILES string of the molecule is Cc1cc(C#N)cc(C)c1OCCCl. The number of aryl methyl sites for hydroxylation is 2. The summed E-state index contributed by atoms with van der Waals surface area (Å²) in [6, 6.07) is 5.74. The van der Waals surface area contributed by atoms with Crippen LogP contribution in [0.25, 0.3) is 0 Å². The Morgan fingerprint density at radius 3 is 2.36 bits per heavy atom. The molecule has 1 aromatic rings. The summed E-state index contributed by atoms with van der Waals surface area (Å²) in [6.45, 7) is 4.35. The monoisotopic (exact) mass is 209 g/mol. The van der Waals surface area contributed by atoms with Crippen LogP contribution >= 0.6 is 11.6 Å². The Morgan fingerprint density at radius 2 is 1.93 bits per heavy atom. The first-order valence-electron chi connectivity index (χ1n) is 4.39. The van der Waals surface area contributed by atoms with Gasteiger partial charge in [-0.25, -0.2) is 0 Å². The van der Waals surface area contributed by atoms with E-state index in [-0.39, 0.29) is 0 Å². The maximum Gasteiger partial charge on any atom is 0.125 e. The van der Waals surface area contributed by atoms with Gasteiger partial charge in [0.1, 0.15) is 12.4 Å². The maximum atomic E-state index is 8.74. The van der Waals surface area contributed by atoms with Crippen molar-refractivity contribution in [1.29, 1.82) is 5.26 Å². The summed E-state index contributed by atoms with van der Waals surface area (Å²) in [5.74, 6) is 1.31. The number of alkyl halides is 1. The molecule has 0 aliphatic carbocycles. The molecule has 3 heteroatoms. The van der Waals surface area contributed by atoms with Crippen molar-refractivity contribution in [2.75, 3.05) is 12.5 Å². The quantitative estimate of drug-likeness (QED) is 0.718. The van der Waals surface area contributed by atoms with Crippen LogP contribution in [0.3, 0.4) is 0 Å². The molecule has 0 amide bonds. The van der Waals surface area contributed by atoms with Gasteiger partial charge in [-0.1, -0.05) is 0 Å². The van der Waals surface area contributed by atoms with E-state index in [1.54, 1.807) is 0 Å². The molecule has 0 atom stereocenters. The lowest BCUT2D eigenvalue weighted by molar-refractivity contribution is 0.338. The fourth-order valence-corrected chi connectivity index (χ4v) is 1.46. The first-order chi connectivity index (χ1) is 6.69. The van der Waals surface area contributed by atoms with Gasteiger partial charge in [0.25, 0.3) is 0 Å². The molecule has 0 aliphatic rings. The van der Waals surface area contributed by atoms with E-state index < -0.39 is 0 Å². The van der Waals surface area contributed by atoms with Gasteiger partial charge < -0.3 is 4.74 Å². The largest absolute Gasteiger partial charge is 0.492 e. The maximum absolute atomic E-state index is 8.74. The summed E-state index contributed by atoms with van der Waals surface area (Å²) in [6.07, 6.45) is 0. The Balaban J connectivity index is 3.01. The smallest absolute Gasteiger partial charge is 0.125 e. The zero-order valence-electron chi connectivity index (χ0n) is 8.30. The number of halogens is 1. The Kier molecular flexibility index (Phi) is 3.79. The molecule has 14 heavy (non-hydrogen) atoms. The molecule has 0 N–H and O–H groups in total. The zero-order chi connectivity index (χ0) is 10.6. The number of ether oxygens (including phenoxy) is 1. The molecule has 0 radical (unpaired) electrons. The minimum atomic E-state index is 0.471. The summed E-state index contributed by atoms with van der Waals surface area (Å²) in [5, 5.41) is 8.74. The van der Waals surface area contributed by atoms with E-state index in [0.29, 0.717) is 18.1 Å². The summed E-state index contributed by atoms with van der Waals surface area (Å²) >= 11 is 5.54. The second-order valence-corrected chi connectivity index (χ2v) is 3.47. The van der Waals surface area contributed by atoms with Crippen LogP contribution in [-0.4, -0.2) is 12.5 Å². The molecule has 0 bridgehead atoms. The van der Waals surface area contributed by atoms with Gasteiger partial charge in [-0.2, -0.15) is 5.26 Å². The second-order valence-electron chi connectivity index (χ2n) is 3.09. The fourth-order valence-electron chi connectivity index (χ4n) is 1.38. The Labute approximate surface area is 89.1 Å². The van der Waals surface area contributed by atoms with E-state index in [1.807, 2.05) is 26.0 Å². The predicted octanol–water partition coefficient (Wildman–Crippen LogP) is 2.79. The third-order valence-corrected chi connectivity index (χ3v) is 2.07. The highest BCUT2D eigenvalue weighted by atomic mass is 35.5. The minimum Gasteiger partial charge on any atom is -0.492 e. The lowest BCUT2D eigenvalue weighted by Gasteiger charge is -2.11. The number of nitriles is 1. The molecule has 0 spiro atoms. The molecule has 1 rings (SSSR count). The van der Waals surface area contributed by atoms with E-state index in [1.165, 1.54) is 0 Å². The van der Waals surface area contributed by atoms with E-state index in [2.05, 4.69) is 6.07 Å². The molecule has 74 valence electrons. The van der Waals surface area contributed by atoms with Crippen LogP contribution in [0.5, 0.6) is 5.75 Å². The van der Waals surface area contributed by atoms with Crippen LogP contribution in [0.2, 0.25) is 0 Å². The van der Waals surface area contributed by atoms with Gasteiger partial charge in [-0.3, -0.25) is 0 Å². The lowest BCUT2D eigenvalue weighted by Crippen LogP contribution is -2.01. The van der Waals surface area contributed by atoms with Crippen LogP contribution in [0.1, 0.15) is 16.7 Å². The highest BCUT2D eigenvalue weighted by Crippen LogP contribution is 2.24. The first-order valence-corrected chi connectivity index (χ1v) is 4.92. The first kappa shape index (κ1) is 10.9. The van der Waals surface area contributed by atoms with Gasteiger partial charge in [0.05, 0.1) is 17.5 Å². The van der Waals surface area contributed by atoms with Crippen LogP contribution in [0, 0.1) is 25.2 Å². The van der Waals surface area contributed by atoms with Crippen LogP contribution < -0.4 is 4.74 Å². The third kappa shape index (κ3) is 2.40. The number of benzene rings is 1. The van der Waals surface area contributed by atoms with E-state index >= 15 is 0 Å².